The Morgan fingerprint density at radius 3 is 0.741 bits per heavy atom. The van der Waals surface area contributed by atoms with Gasteiger partial charge in [-0.25, -0.2) is 9.97 Å². The van der Waals surface area contributed by atoms with Crippen molar-refractivity contribution in [1.82, 2.24) is 38.6 Å². The van der Waals surface area contributed by atoms with Crippen LogP contribution in [0, 0.1) is 0 Å². The summed E-state index contributed by atoms with van der Waals surface area (Å²) >= 11 is 0. The Kier molecular flexibility index (Phi) is 19.3. The van der Waals surface area contributed by atoms with Crippen LogP contribution in [0.5, 0.6) is 0 Å². The molecule has 0 spiro atoms. The van der Waals surface area contributed by atoms with Crippen molar-refractivity contribution in [3.05, 3.63) is 144 Å². The first kappa shape index (κ1) is 61.8. The van der Waals surface area contributed by atoms with E-state index in [0.29, 0.717) is 114 Å². The van der Waals surface area contributed by atoms with Gasteiger partial charge in [-0.3, -0.25) is 18.7 Å². The molecular formula is C64H76CuN8O4P4. The summed E-state index contributed by atoms with van der Waals surface area (Å²) in [5.74, 6) is 0. The fourth-order valence-corrected chi connectivity index (χ4v) is 19.0. The van der Waals surface area contributed by atoms with Gasteiger partial charge in [0.05, 0.1) is 22.8 Å². The first-order chi connectivity index (χ1) is 38.2. The van der Waals surface area contributed by atoms with Crippen molar-refractivity contribution in [2.45, 2.75) is 53.4 Å². The molecular weight excluding hydrogens is 1130 g/mol. The van der Waals surface area contributed by atoms with Crippen LogP contribution in [-0.4, -0.2) is 110 Å². The van der Waals surface area contributed by atoms with Gasteiger partial charge in [-0.2, -0.15) is 0 Å². The maximum absolute atomic E-state index is 15.3. The zero-order chi connectivity index (χ0) is 57.3. The van der Waals surface area contributed by atoms with Crippen LogP contribution in [0.15, 0.2) is 121 Å². The molecule has 7 aromatic rings. The summed E-state index contributed by atoms with van der Waals surface area (Å²) in [7, 11) is -5.07. The molecule has 81 heavy (non-hydrogen) atoms. The minimum Gasteiger partial charge on any atom is -0.657 e. The molecule has 4 aromatic carbocycles. The summed E-state index contributed by atoms with van der Waals surface area (Å²) in [6.45, 7) is 18.2. The SMILES string of the molecule is CCCN(C)P(C)(=O)c1ccccc1-c1c2nc(c(-c3ccccc3P(C)(=O)N(C)CCC)c3ccc([n-]3)c(-c3ccccc3P(C)(=O)N(C)CCC)c3nc(c(-c4ccccc4P(C)(=O)N(C)CCC)c4ccc1[n-]4)C=C3)C=C2.[Cu+2]. The second kappa shape index (κ2) is 25.3. The van der Waals surface area contributed by atoms with Crippen molar-refractivity contribution in [2.24, 2.45) is 0 Å². The number of benzene rings is 4. The van der Waals surface area contributed by atoms with Crippen LogP contribution in [-0.2, 0) is 35.3 Å². The molecule has 17 heteroatoms. The van der Waals surface area contributed by atoms with Crippen LogP contribution < -0.4 is 31.2 Å². The van der Waals surface area contributed by atoms with Gasteiger partial charge in [-0.1, -0.05) is 125 Å². The van der Waals surface area contributed by atoms with E-state index < -0.39 is 29.2 Å². The number of hydrogen-bond acceptors (Lipinski definition) is 6. The molecule has 12 nitrogen and oxygen atoms in total. The largest absolute Gasteiger partial charge is 2.00 e. The van der Waals surface area contributed by atoms with Crippen molar-refractivity contribution < 1.29 is 35.3 Å². The molecule has 4 unspecified atom stereocenters. The molecule has 2 aliphatic heterocycles. The van der Waals surface area contributed by atoms with E-state index in [2.05, 4.69) is 27.7 Å². The Morgan fingerprint density at radius 2 is 0.543 bits per heavy atom. The number of aromatic nitrogens is 4. The normalized spacial score (nSPS) is 15.4. The van der Waals surface area contributed by atoms with Gasteiger partial charge in [-0.05, 0) is 147 Å². The Morgan fingerprint density at radius 1 is 0.346 bits per heavy atom. The van der Waals surface area contributed by atoms with Crippen molar-refractivity contribution in [3.63, 3.8) is 0 Å². The molecule has 0 saturated heterocycles. The van der Waals surface area contributed by atoms with Crippen LogP contribution in [0.4, 0.5) is 0 Å². The van der Waals surface area contributed by atoms with Crippen LogP contribution in [0.25, 0.3) is 90.9 Å². The van der Waals surface area contributed by atoms with E-state index in [1.165, 1.54) is 0 Å². The quantitative estimate of drug-likeness (QED) is 0.0531. The predicted molar refractivity (Wildman–Crippen MR) is 343 cm³/mol. The van der Waals surface area contributed by atoms with E-state index in [9.17, 15) is 0 Å². The predicted octanol–water partition coefficient (Wildman–Crippen LogP) is 14.1. The zero-order valence-corrected chi connectivity index (χ0v) is 53.3. The third-order valence-corrected chi connectivity index (χ3v) is 27.0. The van der Waals surface area contributed by atoms with Gasteiger partial charge in [0.1, 0.15) is 0 Å². The molecule has 1 radical (unpaired) electrons. The summed E-state index contributed by atoms with van der Waals surface area (Å²) in [5, 5.41) is 2.73. The van der Waals surface area contributed by atoms with Gasteiger partial charge < -0.3 is 28.2 Å². The van der Waals surface area contributed by atoms with Crippen molar-refractivity contribution in [2.75, 3.05) is 81.0 Å². The fraction of sp³-hybridized carbons (Fsp3) is 0.312. The minimum absolute atomic E-state index is 0. The number of hydrogen-bond donors (Lipinski definition) is 0. The summed E-state index contributed by atoms with van der Waals surface area (Å²) in [5.41, 5.74) is 10.4. The Bertz CT molecular complexity index is 3450. The van der Waals surface area contributed by atoms with E-state index in [-0.39, 0.29) is 17.1 Å². The molecule has 0 fully saturated rings. The second-order valence-corrected chi connectivity index (χ2v) is 33.2. The molecule has 9 rings (SSSR count). The van der Waals surface area contributed by atoms with Crippen LogP contribution >= 0.6 is 29.2 Å². The first-order valence-corrected chi connectivity index (χ1v) is 36.3. The Balaban J connectivity index is 0.00000860. The molecule has 0 N–H and O–H groups in total. The summed E-state index contributed by atoms with van der Waals surface area (Å²) < 4.78 is 69.2. The third kappa shape index (κ3) is 11.8. The van der Waals surface area contributed by atoms with Gasteiger partial charge in [0.2, 0.25) is 0 Å². The van der Waals surface area contributed by atoms with Crippen LogP contribution in [0.2, 0.25) is 0 Å². The van der Waals surface area contributed by atoms with Crippen LogP contribution in [0.3, 0.4) is 0 Å². The molecule has 0 saturated carbocycles. The number of fused-ring (bicyclic) bond motifs is 8. The topological polar surface area (TPSA) is 135 Å². The van der Waals surface area contributed by atoms with Gasteiger partial charge in [-0.15, -0.1) is 22.1 Å². The summed E-state index contributed by atoms with van der Waals surface area (Å²) in [4.78, 5) is 22.4. The van der Waals surface area contributed by atoms with Gasteiger partial charge >= 0.3 is 17.1 Å². The van der Waals surface area contributed by atoms with E-state index in [0.717, 1.165) is 47.9 Å². The van der Waals surface area contributed by atoms with Crippen LogP contribution in [0.1, 0.15) is 76.2 Å². The summed E-state index contributed by atoms with van der Waals surface area (Å²) in [6.07, 6.45) is 11.3. The monoisotopic (exact) mass is 1210 g/mol. The van der Waals surface area contributed by atoms with Crippen molar-refractivity contribution in [1.29, 1.82) is 0 Å². The van der Waals surface area contributed by atoms with Gasteiger partial charge in [0, 0.05) is 74.1 Å². The molecule has 3 aromatic heterocycles. The number of rotatable bonds is 20. The van der Waals surface area contributed by atoms with Gasteiger partial charge in [0.25, 0.3) is 0 Å². The second-order valence-electron chi connectivity index (χ2n) is 21.5. The summed E-state index contributed by atoms with van der Waals surface area (Å²) in [6, 6.07) is 39.4. The molecule has 427 valence electrons. The smallest absolute Gasteiger partial charge is 0.657 e. The molecule has 8 bridgehead atoms. The fourth-order valence-electron chi connectivity index (χ4n) is 11.2. The first-order valence-electron chi connectivity index (χ1n) is 27.8. The third-order valence-electron chi connectivity index (χ3n) is 15.9. The molecule has 0 aliphatic carbocycles. The minimum atomic E-state index is -3.19. The molecule has 2 aliphatic rings. The maximum Gasteiger partial charge on any atom is 2.00 e. The Labute approximate surface area is 490 Å². The molecule has 0 amide bonds. The van der Waals surface area contributed by atoms with E-state index in [1.54, 1.807) is 0 Å². The van der Waals surface area contributed by atoms with E-state index in [4.69, 9.17) is 19.9 Å². The Hall–Kier alpha value is -5.24. The molecule has 5 heterocycles. The number of nitrogens with zero attached hydrogens (tertiary/aromatic N) is 8. The average molecular weight is 1210 g/mol. The van der Waals surface area contributed by atoms with Gasteiger partial charge in [0.15, 0.2) is 29.2 Å². The van der Waals surface area contributed by atoms with E-state index in [1.807, 2.05) is 219 Å². The average Bonchev–Trinajstić information content (AvgIpc) is 4.35. The van der Waals surface area contributed by atoms with Crippen molar-refractivity contribution in [3.8, 4) is 44.5 Å². The molecule has 4 atom stereocenters. The van der Waals surface area contributed by atoms with E-state index >= 15 is 18.3 Å². The zero-order valence-electron chi connectivity index (χ0n) is 48.8. The van der Waals surface area contributed by atoms with Crippen molar-refractivity contribution >= 4 is 96.8 Å². The standard InChI is InChI=1S/C64H76N8O4P4.Cu/c1-13-41-69(5)77(9,73)57-29-21-17-25-45(57)61-49-33-35-51(65-49)62(46-26-18-22-30-58(46)78(10,74)70(6)42-14-2)53-37-39-55(67-53)64(48-28-20-24-32-60(48)80(12,76)72(8)44-16-4)56-40-38-54(68-56)63(52-36-34-50(61)66-52)47-27-19-23-31-59(47)79(11,75)71(7)43-15-3;/h17-40H,13-16,41-44H2,1-12H3;/q-2;+2. The maximum atomic E-state index is 15.3.